The molecule has 0 radical (unpaired) electrons. The number of fused-ring (bicyclic) bond motifs is 1. The SMILES string of the molecule is CC(C)C1CCC2OCCC2(C(=O)O)C1. The first-order valence-electron chi connectivity index (χ1n) is 5.91. The molecule has 0 amide bonds. The van der Waals surface area contributed by atoms with Crippen LogP contribution >= 0.6 is 0 Å². The number of hydrogen-bond acceptors (Lipinski definition) is 2. The molecule has 0 aromatic carbocycles. The highest BCUT2D eigenvalue weighted by Crippen LogP contribution is 2.49. The fourth-order valence-corrected chi connectivity index (χ4v) is 3.13. The van der Waals surface area contributed by atoms with E-state index in [9.17, 15) is 9.90 Å². The van der Waals surface area contributed by atoms with Crippen molar-refractivity contribution in [2.24, 2.45) is 17.3 Å². The summed E-state index contributed by atoms with van der Waals surface area (Å²) in [6.07, 6.45) is 3.54. The van der Waals surface area contributed by atoms with Crippen molar-refractivity contribution < 1.29 is 14.6 Å². The highest BCUT2D eigenvalue weighted by molar-refractivity contribution is 5.76. The molecule has 86 valence electrons. The van der Waals surface area contributed by atoms with Crippen LogP contribution in [0.25, 0.3) is 0 Å². The highest BCUT2D eigenvalue weighted by atomic mass is 16.5. The van der Waals surface area contributed by atoms with Crippen molar-refractivity contribution in [1.29, 1.82) is 0 Å². The van der Waals surface area contributed by atoms with E-state index in [0.29, 0.717) is 24.9 Å². The molecule has 1 aliphatic carbocycles. The van der Waals surface area contributed by atoms with Crippen molar-refractivity contribution in [3.8, 4) is 0 Å². The number of ether oxygens (including phenoxy) is 1. The minimum atomic E-state index is -0.643. The Hall–Kier alpha value is -0.570. The van der Waals surface area contributed by atoms with E-state index in [0.717, 1.165) is 19.3 Å². The molecule has 2 rings (SSSR count). The summed E-state index contributed by atoms with van der Waals surface area (Å²) < 4.78 is 5.57. The number of rotatable bonds is 2. The monoisotopic (exact) mass is 212 g/mol. The summed E-state index contributed by atoms with van der Waals surface area (Å²) in [6, 6.07) is 0. The smallest absolute Gasteiger partial charge is 0.312 e. The lowest BCUT2D eigenvalue weighted by Gasteiger charge is -2.40. The average molecular weight is 212 g/mol. The van der Waals surface area contributed by atoms with Gasteiger partial charge in [-0.2, -0.15) is 0 Å². The van der Waals surface area contributed by atoms with Gasteiger partial charge in [0.2, 0.25) is 0 Å². The van der Waals surface area contributed by atoms with E-state index >= 15 is 0 Å². The van der Waals surface area contributed by atoms with Gasteiger partial charge < -0.3 is 9.84 Å². The van der Waals surface area contributed by atoms with Gasteiger partial charge in [0.05, 0.1) is 11.5 Å². The predicted molar refractivity (Wildman–Crippen MR) is 56.6 cm³/mol. The van der Waals surface area contributed by atoms with Crippen LogP contribution in [0.1, 0.15) is 39.5 Å². The molecule has 0 bridgehead atoms. The quantitative estimate of drug-likeness (QED) is 0.764. The molecule has 2 aliphatic rings. The molecule has 3 nitrogen and oxygen atoms in total. The highest BCUT2D eigenvalue weighted by Gasteiger charge is 2.53. The third-order valence-corrected chi connectivity index (χ3v) is 4.28. The number of carboxylic acids is 1. The minimum Gasteiger partial charge on any atom is -0.481 e. The summed E-state index contributed by atoms with van der Waals surface area (Å²) in [7, 11) is 0. The normalized spacial score (nSPS) is 40.5. The van der Waals surface area contributed by atoms with Gasteiger partial charge in [-0.25, -0.2) is 0 Å². The maximum absolute atomic E-state index is 11.4. The molecular weight excluding hydrogens is 192 g/mol. The maximum atomic E-state index is 11.4. The minimum absolute atomic E-state index is 0.0231. The Morgan fingerprint density at radius 1 is 1.47 bits per heavy atom. The van der Waals surface area contributed by atoms with Crippen molar-refractivity contribution in [2.75, 3.05) is 6.61 Å². The molecule has 2 fully saturated rings. The fourth-order valence-electron chi connectivity index (χ4n) is 3.13. The summed E-state index contributed by atoms with van der Waals surface area (Å²) in [5.74, 6) is 0.497. The topological polar surface area (TPSA) is 46.5 Å². The number of carboxylic acid groups (broad SMARTS) is 1. The summed E-state index contributed by atoms with van der Waals surface area (Å²) >= 11 is 0. The van der Waals surface area contributed by atoms with Crippen molar-refractivity contribution in [3.63, 3.8) is 0 Å². The molecule has 15 heavy (non-hydrogen) atoms. The molecule has 1 aliphatic heterocycles. The first kappa shape index (κ1) is 10.9. The van der Waals surface area contributed by atoms with Crippen molar-refractivity contribution in [2.45, 2.75) is 45.6 Å². The zero-order chi connectivity index (χ0) is 11.1. The lowest BCUT2D eigenvalue weighted by atomic mass is 9.65. The Kier molecular flexibility index (Phi) is 2.75. The summed E-state index contributed by atoms with van der Waals surface area (Å²) in [5.41, 5.74) is -0.562. The van der Waals surface area contributed by atoms with E-state index in [-0.39, 0.29) is 6.10 Å². The van der Waals surface area contributed by atoms with Gasteiger partial charge in [0, 0.05) is 6.61 Å². The molecule has 3 heteroatoms. The fraction of sp³-hybridized carbons (Fsp3) is 0.917. The Morgan fingerprint density at radius 2 is 2.20 bits per heavy atom. The van der Waals surface area contributed by atoms with Crippen molar-refractivity contribution >= 4 is 5.97 Å². The van der Waals surface area contributed by atoms with E-state index in [2.05, 4.69) is 13.8 Å². The number of aliphatic carboxylic acids is 1. The van der Waals surface area contributed by atoms with E-state index in [1.807, 2.05) is 0 Å². The molecule has 1 heterocycles. The molecule has 3 atom stereocenters. The van der Waals surface area contributed by atoms with Crippen LogP contribution in [0.3, 0.4) is 0 Å². The van der Waals surface area contributed by atoms with Crippen LogP contribution < -0.4 is 0 Å². The lowest BCUT2D eigenvalue weighted by Crippen LogP contribution is -2.44. The Morgan fingerprint density at radius 3 is 2.80 bits per heavy atom. The van der Waals surface area contributed by atoms with Crippen LogP contribution in [0.5, 0.6) is 0 Å². The van der Waals surface area contributed by atoms with Gasteiger partial charge in [0.1, 0.15) is 0 Å². The van der Waals surface area contributed by atoms with E-state index < -0.39 is 11.4 Å². The second kappa shape index (κ2) is 3.78. The third kappa shape index (κ3) is 1.67. The van der Waals surface area contributed by atoms with E-state index in [4.69, 9.17) is 4.74 Å². The van der Waals surface area contributed by atoms with Gasteiger partial charge >= 0.3 is 5.97 Å². The third-order valence-electron chi connectivity index (χ3n) is 4.28. The first-order valence-corrected chi connectivity index (χ1v) is 5.91. The average Bonchev–Trinajstić information content (AvgIpc) is 2.60. The summed E-state index contributed by atoms with van der Waals surface area (Å²) in [6.45, 7) is 5.01. The number of carbonyl (C=O) groups is 1. The van der Waals surface area contributed by atoms with Gasteiger partial charge in [0.15, 0.2) is 0 Å². The molecule has 0 spiro atoms. The van der Waals surface area contributed by atoms with Gasteiger partial charge in [0.25, 0.3) is 0 Å². The molecule has 1 saturated carbocycles. The summed E-state index contributed by atoms with van der Waals surface area (Å²) in [4.78, 5) is 11.4. The predicted octanol–water partition coefficient (Wildman–Crippen LogP) is 2.30. The second-order valence-electron chi connectivity index (χ2n) is 5.36. The zero-order valence-corrected chi connectivity index (χ0v) is 9.53. The van der Waals surface area contributed by atoms with Crippen LogP contribution in [0.2, 0.25) is 0 Å². The lowest BCUT2D eigenvalue weighted by molar-refractivity contribution is -0.157. The molecule has 3 unspecified atom stereocenters. The summed E-state index contributed by atoms with van der Waals surface area (Å²) in [5, 5.41) is 9.42. The van der Waals surface area contributed by atoms with Gasteiger partial charge in [-0.05, 0) is 37.5 Å². The van der Waals surface area contributed by atoms with Crippen LogP contribution in [-0.2, 0) is 9.53 Å². The molecular formula is C12H20O3. The first-order chi connectivity index (χ1) is 7.06. The standard InChI is InChI=1S/C12H20O3/c1-8(2)9-3-4-10-12(7-9,11(13)14)5-6-15-10/h8-10H,3-7H2,1-2H3,(H,13,14). The Balaban J connectivity index is 2.19. The van der Waals surface area contributed by atoms with Crippen LogP contribution in [0.15, 0.2) is 0 Å². The molecule has 1 saturated heterocycles. The van der Waals surface area contributed by atoms with Crippen LogP contribution in [0, 0.1) is 17.3 Å². The van der Waals surface area contributed by atoms with Crippen molar-refractivity contribution in [3.05, 3.63) is 0 Å². The van der Waals surface area contributed by atoms with E-state index in [1.165, 1.54) is 0 Å². The van der Waals surface area contributed by atoms with Gasteiger partial charge in [-0.3, -0.25) is 4.79 Å². The van der Waals surface area contributed by atoms with Gasteiger partial charge in [-0.15, -0.1) is 0 Å². The van der Waals surface area contributed by atoms with Crippen molar-refractivity contribution in [1.82, 2.24) is 0 Å². The Bertz CT molecular complexity index is 262. The Labute approximate surface area is 90.8 Å². The van der Waals surface area contributed by atoms with Crippen LogP contribution in [0.4, 0.5) is 0 Å². The second-order valence-corrected chi connectivity index (χ2v) is 5.36. The largest absolute Gasteiger partial charge is 0.481 e. The molecule has 0 aromatic rings. The van der Waals surface area contributed by atoms with Crippen LogP contribution in [-0.4, -0.2) is 23.8 Å². The molecule has 1 N–H and O–H groups in total. The van der Waals surface area contributed by atoms with E-state index in [1.54, 1.807) is 0 Å². The zero-order valence-electron chi connectivity index (χ0n) is 9.53. The van der Waals surface area contributed by atoms with Gasteiger partial charge in [-0.1, -0.05) is 13.8 Å². The maximum Gasteiger partial charge on any atom is 0.312 e. The molecule has 0 aromatic heterocycles. The number of hydrogen-bond donors (Lipinski definition) is 1.